The Hall–Kier alpha value is -3.81. The predicted octanol–water partition coefficient (Wildman–Crippen LogP) is 5.51. The van der Waals surface area contributed by atoms with Crippen LogP contribution in [0.2, 0.25) is 0 Å². The van der Waals surface area contributed by atoms with Crippen LogP contribution in [0.15, 0.2) is 60.7 Å². The molecule has 0 bridgehead atoms. The van der Waals surface area contributed by atoms with E-state index in [1.807, 2.05) is 29.2 Å². The van der Waals surface area contributed by atoms with Crippen LogP contribution in [0.3, 0.4) is 0 Å². The third kappa shape index (κ3) is 7.12. The molecule has 0 aliphatic carbocycles. The lowest BCUT2D eigenvalue weighted by Gasteiger charge is -2.36. The normalized spacial score (nSPS) is 14.4. The first-order valence-corrected chi connectivity index (χ1v) is 12.8. The van der Waals surface area contributed by atoms with Gasteiger partial charge in [0.25, 0.3) is 5.91 Å². The van der Waals surface area contributed by atoms with E-state index in [0.29, 0.717) is 30.3 Å². The quantitative estimate of drug-likeness (QED) is 0.367. The van der Waals surface area contributed by atoms with Crippen molar-refractivity contribution >= 4 is 29.0 Å². The van der Waals surface area contributed by atoms with Crippen LogP contribution in [0, 0.1) is 5.41 Å². The number of para-hydroxylation sites is 3. The number of amides is 1. The van der Waals surface area contributed by atoms with E-state index >= 15 is 0 Å². The zero-order valence-electron chi connectivity index (χ0n) is 22.5. The summed E-state index contributed by atoms with van der Waals surface area (Å²) in [5.74, 6) is 0.771. The van der Waals surface area contributed by atoms with Crippen molar-refractivity contribution in [3.63, 3.8) is 0 Å². The molecule has 196 valence electrons. The molecular formula is C29H38N6O2. The number of hydrogen-bond acceptors (Lipinski definition) is 7. The monoisotopic (exact) mass is 502 g/mol. The van der Waals surface area contributed by atoms with E-state index in [9.17, 15) is 9.90 Å². The molecule has 3 N–H and O–H groups in total. The van der Waals surface area contributed by atoms with Gasteiger partial charge in [0.2, 0.25) is 5.95 Å². The number of phenolic OH excluding ortho intramolecular Hbond substituents is 1. The molecule has 1 aliphatic rings. The van der Waals surface area contributed by atoms with E-state index in [4.69, 9.17) is 0 Å². The van der Waals surface area contributed by atoms with Crippen LogP contribution in [0.5, 0.6) is 5.75 Å². The minimum absolute atomic E-state index is 0.0856. The third-order valence-corrected chi connectivity index (χ3v) is 6.22. The molecule has 1 aromatic heterocycles. The van der Waals surface area contributed by atoms with Crippen molar-refractivity contribution in [3.05, 3.63) is 66.4 Å². The Morgan fingerprint density at radius 2 is 1.57 bits per heavy atom. The highest BCUT2D eigenvalue weighted by atomic mass is 16.3. The standard InChI is InChI=1S/C29H38N6O2/c1-28(2,3)20-29(4,5)33-25-19-23(31-27(32-25)30-22-13-9-10-14-24(22)36)26(37)35-17-15-34(16-18-35)21-11-7-6-8-12-21/h6-14,19,36H,15-18,20H2,1-5H3,(H2,30,31,32,33). The van der Waals surface area contributed by atoms with Gasteiger partial charge in [-0.05, 0) is 49.9 Å². The Labute approximate surface area is 219 Å². The van der Waals surface area contributed by atoms with E-state index in [1.54, 1.807) is 24.3 Å². The average molecular weight is 503 g/mol. The minimum Gasteiger partial charge on any atom is -0.506 e. The van der Waals surface area contributed by atoms with Crippen LogP contribution in [0.4, 0.5) is 23.1 Å². The first-order chi connectivity index (χ1) is 17.5. The number of nitrogens with zero attached hydrogens (tertiary/aromatic N) is 4. The maximum atomic E-state index is 13.6. The number of aromatic nitrogens is 2. The van der Waals surface area contributed by atoms with Crippen LogP contribution in [0.1, 0.15) is 51.5 Å². The molecule has 2 aromatic carbocycles. The number of aromatic hydroxyl groups is 1. The fraction of sp³-hybridized carbons (Fsp3) is 0.414. The maximum Gasteiger partial charge on any atom is 0.272 e. The minimum atomic E-state index is -0.264. The molecule has 0 saturated carbocycles. The number of hydrogen-bond donors (Lipinski definition) is 3. The zero-order chi connectivity index (χ0) is 26.6. The lowest BCUT2D eigenvalue weighted by Crippen LogP contribution is -2.49. The summed E-state index contributed by atoms with van der Waals surface area (Å²) in [7, 11) is 0. The van der Waals surface area contributed by atoms with Crippen LogP contribution in [0.25, 0.3) is 0 Å². The molecule has 8 heteroatoms. The first kappa shape index (κ1) is 26.3. The van der Waals surface area contributed by atoms with E-state index in [2.05, 4.69) is 72.3 Å². The molecule has 2 heterocycles. The number of nitrogens with one attached hydrogen (secondary N) is 2. The molecule has 0 atom stereocenters. The van der Waals surface area contributed by atoms with Gasteiger partial charge in [-0.2, -0.15) is 4.98 Å². The summed E-state index contributed by atoms with van der Waals surface area (Å²) in [6, 6.07) is 18.9. The van der Waals surface area contributed by atoms with Crippen LogP contribution in [-0.4, -0.2) is 57.6 Å². The van der Waals surface area contributed by atoms with Gasteiger partial charge < -0.3 is 25.5 Å². The van der Waals surface area contributed by atoms with Crippen LogP contribution >= 0.6 is 0 Å². The van der Waals surface area contributed by atoms with Crippen LogP contribution < -0.4 is 15.5 Å². The largest absolute Gasteiger partial charge is 0.506 e. The number of rotatable bonds is 7. The second-order valence-electron chi connectivity index (χ2n) is 11.5. The van der Waals surface area contributed by atoms with Crippen LogP contribution in [-0.2, 0) is 0 Å². The summed E-state index contributed by atoms with van der Waals surface area (Å²) in [6.45, 7) is 13.6. The van der Waals surface area contributed by atoms with Crippen molar-refractivity contribution < 1.29 is 9.90 Å². The molecule has 1 aliphatic heterocycles. The summed E-state index contributed by atoms with van der Waals surface area (Å²) in [5.41, 5.74) is 1.80. The number of anilines is 4. The van der Waals surface area contributed by atoms with Gasteiger partial charge in [0.1, 0.15) is 17.3 Å². The number of carbonyl (C=O) groups excluding carboxylic acids is 1. The van der Waals surface area contributed by atoms with Crippen molar-refractivity contribution in [2.45, 2.75) is 46.6 Å². The third-order valence-electron chi connectivity index (χ3n) is 6.22. The molecule has 37 heavy (non-hydrogen) atoms. The number of benzene rings is 2. The number of phenols is 1. The highest BCUT2D eigenvalue weighted by Crippen LogP contribution is 2.31. The Bertz CT molecular complexity index is 1210. The first-order valence-electron chi connectivity index (χ1n) is 12.8. The number of carbonyl (C=O) groups is 1. The van der Waals surface area contributed by atoms with Gasteiger partial charge in [0, 0.05) is 43.5 Å². The molecule has 4 rings (SSSR count). The van der Waals surface area contributed by atoms with Crippen molar-refractivity contribution in [1.29, 1.82) is 0 Å². The topological polar surface area (TPSA) is 93.6 Å². The summed E-state index contributed by atoms with van der Waals surface area (Å²) < 4.78 is 0. The predicted molar refractivity (Wildman–Crippen MR) is 150 cm³/mol. The van der Waals surface area contributed by atoms with Gasteiger partial charge in [-0.1, -0.05) is 51.1 Å². The van der Waals surface area contributed by atoms with Crippen molar-refractivity contribution in [1.82, 2.24) is 14.9 Å². The lowest BCUT2D eigenvalue weighted by atomic mass is 9.82. The Kier molecular flexibility index (Phi) is 7.57. The molecule has 1 saturated heterocycles. The van der Waals surface area contributed by atoms with Gasteiger partial charge >= 0.3 is 0 Å². The molecule has 1 amide bonds. The fourth-order valence-corrected chi connectivity index (χ4v) is 5.06. The van der Waals surface area contributed by atoms with E-state index in [1.165, 1.54) is 5.69 Å². The van der Waals surface area contributed by atoms with Crippen molar-refractivity contribution in [3.8, 4) is 5.75 Å². The maximum absolute atomic E-state index is 13.6. The van der Waals surface area contributed by atoms with Gasteiger partial charge in [-0.15, -0.1) is 0 Å². The second-order valence-corrected chi connectivity index (χ2v) is 11.5. The molecule has 8 nitrogen and oxygen atoms in total. The summed E-state index contributed by atoms with van der Waals surface area (Å²) in [6.07, 6.45) is 0.900. The highest BCUT2D eigenvalue weighted by molar-refractivity contribution is 5.93. The number of piperazine rings is 1. The lowest BCUT2D eigenvalue weighted by molar-refractivity contribution is 0.0741. The SMILES string of the molecule is CC(C)(C)CC(C)(C)Nc1cc(C(=O)N2CCN(c3ccccc3)CC2)nc(Nc2ccccc2O)n1. The van der Waals surface area contributed by atoms with Crippen molar-refractivity contribution in [2.24, 2.45) is 5.41 Å². The average Bonchev–Trinajstić information content (AvgIpc) is 2.84. The summed E-state index contributed by atoms with van der Waals surface area (Å²) in [4.78, 5) is 26.9. The highest BCUT2D eigenvalue weighted by Gasteiger charge is 2.28. The Morgan fingerprint density at radius 1 is 0.919 bits per heavy atom. The summed E-state index contributed by atoms with van der Waals surface area (Å²) in [5, 5.41) is 16.8. The Balaban J connectivity index is 1.57. The van der Waals surface area contributed by atoms with Gasteiger partial charge in [-0.25, -0.2) is 4.98 Å². The van der Waals surface area contributed by atoms with Gasteiger partial charge in [-0.3, -0.25) is 4.79 Å². The van der Waals surface area contributed by atoms with Gasteiger partial charge in [0.05, 0.1) is 5.69 Å². The smallest absolute Gasteiger partial charge is 0.272 e. The molecule has 0 spiro atoms. The molecule has 3 aromatic rings. The van der Waals surface area contributed by atoms with E-state index in [-0.39, 0.29) is 28.6 Å². The fourth-order valence-electron chi connectivity index (χ4n) is 5.06. The van der Waals surface area contributed by atoms with E-state index < -0.39 is 0 Å². The second kappa shape index (κ2) is 10.7. The molecular weight excluding hydrogens is 464 g/mol. The Morgan fingerprint density at radius 3 is 2.22 bits per heavy atom. The zero-order valence-corrected chi connectivity index (χ0v) is 22.5. The molecule has 0 radical (unpaired) electrons. The summed E-state index contributed by atoms with van der Waals surface area (Å²) >= 11 is 0. The van der Waals surface area contributed by atoms with Gasteiger partial charge in [0.15, 0.2) is 0 Å². The molecule has 1 fully saturated rings. The molecule has 0 unspecified atom stereocenters. The van der Waals surface area contributed by atoms with E-state index in [0.717, 1.165) is 19.5 Å². The van der Waals surface area contributed by atoms with Crippen molar-refractivity contribution in [2.75, 3.05) is 41.7 Å².